The molecule has 10 heteroatoms. The Morgan fingerprint density at radius 1 is 0.350 bits per heavy atom. The second-order valence-corrected chi connectivity index (χ2v) is 16.7. The van der Waals surface area contributed by atoms with Crippen LogP contribution in [0.5, 0.6) is 46.0 Å². The molecule has 4 fully saturated rings. The minimum atomic E-state index is -0.158. The molecule has 4 aromatic carbocycles. The van der Waals surface area contributed by atoms with Gasteiger partial charge in [-0.2, -0.15) is 0 Å². The first-order chi connectivity index (χ1) is 29.3. The van der Waals surface area contributed by atoms with Crippen molar-refractivity contribution >= 4 is 11.9 Å². The highest BCUT2D eigenvalue weighted by Gasteiger charge is 2.41. The van der Waals surface area contributed by atoms with E-state index >= 15 is 0 Å². The molecule has 0 spiro atoms. The fourth-order valence-electron chi connectivity index (χ4n) is 9.71. The Morgan fingerprint density at radius 2 is 0.617 bits per heavy atom. The molecule has 8 atom stereocenters. The average Bonchev–Trinajstić information content (AvgIpc) is 3.30. The van der Waals surface area contributed by atoms with Gasteiger partial charge in [-0.05, 0) is 198 Å². The van der Waals surface area contributed by atoms with Gasteiger partial charge in [0.15, 0.2) is 0 Å². The lowest BCUT2D eigenvalue weighted by Crippen LogP contribution is -2.38. The molecule has 320 valence electrons. The number of rotatable bonds is 12. The van der Waals surface area contributed by atoms with E-state index in [1.165, 1.54) is 12.8 Å². The Bertz CT molecular complexity index is 1800. The number of fused-ring (bicyclic) bond motifs is 2. The Labute approximate surface area is 354 Å². The lowest BCUT2D eigenvalue weighted by atomic mass is 9.65. The summed E-state index contributed by atoms with van der Waals surface area (Å²) in [5.41, 5.74) is 0. The summed E-state index contributed by atoms with van der Waals surface area (Å²) in [5.74, 6) is 8.13. The van der Waals surface area contributed by atoms with Gasteiger partial charge in [-0.15, -0.1) is 0 Å². The van der Waals surface area contributed by atoms with Crippen molar-refractivity contribution in [2.24, 2.45) is 35.5 Å². The van der Waals surface area contributed by atoms with Gasteiger partial charge in [0.2, 0.25) is 0 Å². The summed E-state index contributed by atoms with van der Waals surface area (Å²) in [4.78, 5) is 25.4. The van der Waals surface area contributed by atoms with Crippen molar-refractivity contribution in [3.63, 3.8) is 0 Å². The molecule has 8 unspecified atom stereocenters. The predicted molar refractivity (Wildman–Crippen MR) is 228 cm³/mol. The van der Waals surface area contributed by atoms with Crippen molar-refractivity contribution in [2.75, 3.05) is 28.4 Å². The third kappa shape index (κ3) is 11.5. The summed E-state index contributed by atoms with van der Waals surface area (Å²) in [6.07, 6.45) is 12.8. The first-order valence-corrected chi connectivity index (χ1v) is 21.6. The quantitative estimate of drug-likeness (QED) is 0.101. The number of methoxy groups -OCH3 is 4. The van der Waals surface area contributed by atoms with E-state index in [0.717, 1.165) is 111 Å². The summed E-state index contributed by atoms with van der Waals surface area (Å²) < 4.78 is 44.4. The van der Waals surface area contributed by atoms with Crippen LogP contribution in [0.3, 0.4) is 0 Å². The van der Waals surface area contributed by atoms with E-state index in [4.69, 9.17) is 37.9 Å². The van der Waals surface area contributed by atoms with Crippen molar-refractivity contribution < 1.29 is 47.5 Å². The molecule has 8 rings (SSSR count). The molecule has 4 aliphatic carbocycles. The zero-order valence-corrected chi connectivity index (χ0v) is 35.4. The maximum absolute atomic E-state index is 12.7. The standard InChI is InChI=1S/C26H30O6.C24H30O4/c1-29-21-7-11-23(12-8-21)31-25(27)19-5-3-18-16-20(6-4-17(18)15-19)26(28)32-24-13-9-22(30-2)10-14-24;1-25-19-7-11-21(12-8-19)27-23-5-3-18-16-24(6-4-17(18)15-23)28-22-13-9-20(26-2)10-14-22/h7-14,17-20H,3-6,15-16H2,1-2H3;7-14,17-18,23-24H,3-6,15-16H2,1-2H3. The molecule has 0 aromatic heterocycles. The highest BCUT2D eigenvalue weighted by molar-refractivity contribution is 5.76. The highest BCUT2D eigenvalue weighted by Crippen LogP contribution is 2.46. The van der Waals surface area contributed by atoms with Crippen LogP contribution in [-0.4, -0.2) is 52.6 Å². The molecule has 4 aromatic rings. The number of carbonyl (C=O) groups is 2. The third-order valence-electron chi connectivity index (χ3n) is 13.1. The van der Waals surface area contributed by atoms with Gasteiger partial charge in [-0.1, -0.05) is 0 Å². The first-order valence-electron chi connectivity index (χ1n) is 21.6. The van der Waals surface area contributed by atoms with E-state index in [1.54, 1.807) is 77.0 Å². The number of esters is 2. The van der Waals surface area contributed by atoms with Crippen molar-refractivity contribution in [1.82, 2.24) is 0 Å². The van der Waals surface area contributed by atoms with Gasteiger partial charge in [0.1, 0.15) is 46.0 Å². The fourth-order valence-corrected chi connectivity index (χ4v) is 9.71. The largest absolute Gasteiger partial charge is 0.497 e. The summed E-state index contributed by atoms with van der Waals surface area (Å²) in [6, 6.07) is 30.0. The Hall–Kier alpha value is -5.38. The van der Waals surface area contributed by atoms with Crippen LogP contribution in [0.25, 0.3) is 0 Å². The molecule has 0 heterocycles. The number of hydrogen-bond acceptors (Lipinski definition) is 10. The van der Waals surface area contributed by atoms with Crippen molar-refractivity contribution in [1.29, 1.82) is 0 Å². The van der Waals surface area contributed by atoms with Crippen molar-refractivity contribution in [3.05, 3.63) is 97.1 Å². The lowest BCUT2D eigenvalue weighted by molar-refractivity contribution is -0.145. The van der Waals surface area contributed by atoms with Crippen LogP contribution in [0.15, 0.2) is 97.1 Å². The van der Waals surface area contributed by atoms with Crippen molar-refractivity contribution in [3.8, 4) is 46.0 Å². The van der Waals surface area contributed by atoms with E-state index < -0.39 is 0 Å². The van der Waals surface area contributed by atoms with Gasteiger partial charge < -0.3 is 37.9 Å². The summed E-state index contributed by atoms with van der Waals surface area (Å²) >= 11 is 0. The minimum absolute atomic E-state index is 0.0823. The van der Waals surface area contributed by atoms with E-state index in [0.29, 0.717) is 35.5 Å². The fraction of sp³-hybridized carbons (Fsp3) is 0.480. The van der Waals surface area contributed by atoms with Gasteiger partial charge in [-0.3, -0.25) is 9.59 Å². The topological polar surface area (TPSA) is 108 Å². The highest BCUT2D eigenvalue weighted by atomic mass is 16.5. The third-order valence-corrected chi connectivity index (χ3v) is 13.1. The van der Waals surface area contributed by atoms with Gasteiger partial charge in [0.05, 0.1) is 52.5 Å². The van der Waals surface area contributed by atoms with E-state index in [1.807, 2.05) is 48.5 Å². The maximum atomic E-state index is 12.7. The summed E-state index contributed by atoms with van der Waals surface area (Å²) in [7, 11) is 6.58. The monoisotopic (exact) mass is 820 g/mol. The van der Waals surface area contributed by atoms with E-state index in [2.05, 4.69) is 0 Å². The number of carbonyl (C=O) groups excluding carboxylic acids is 2. The number of ether oxygens (including phenoxy) is 8. The van der Waals surface area contributed by atoms with Crippen LogP contribution in [0.1, 0.15) is 77.0 Å². The SMILES string of the molecule is COc1ccc(OC(=O)C2CCC3CC(C(=O)Oc4ccc(OC)cc4)CCC3C2)cc1.COc1ccc(OC2CCC3CC(Oc4ccc(OC)cc4)CCC3C2)cc1. The van der Waals surface area contributed by atoms with Crippen LogP contribution in [0.2, 0.25) is 0 Å². The van der Waals surface area contributed by atoms with Gasteiger partial charge in [0, 0.05) is 0 Å². The second-order valence-electron chi connectivity index (χ2n) is 16.7. The summed E-state index contributed by atoms with van der Waals surface area (Å²) in [5, 5.41) is 0. The normalized spacial score (nSPS) is 25.7. The maximum Gasteiger partial charge on any atom is 0.314 e. The number of benzene rings is 4. The molecule has 0 aliphatic heterocycles. The molecular weight excluding hydrogens is 761 g/mol. The van der Waals surface area contributed by atoms with Gasteiger partial charge >= 0.3 is 11.9 Å². The molecule has 4 saturated carbocycles. The number of hydrogen-bond donors (Lipinski definition) is 0. The molecule has 10 nitrogen and oxygen atoms in total. The lowest BCUT2D eigenvalue weighted by Gasteiger charge is -2.41. The zero-order chi connectivity index (χ0) is 41.8. The zero-order valence-electron chi connectivity index (χ0n) is 35.4. The average molecular weight is 821 g/mol. The Morgan fingerprint density at radius 3 is 0.933 bits per heavy atom. The van der Waals surface area contributed by atoms with Crippen LogP contribution in [0.4, 0.5) is 0 Å². The Balaban J connectivity index is 0.000000183. The molecule has 0 saturated heterocycles. The molecular formula is C50H60O10. The minimum Gasteiger partial charge on any atom is -0.497 e. The Kier molecular flexibility index (Phi) is 14.8. The van der Waals surface area contributed by atoms with E-state index in [9.17, 15) is 9.59 Å². The summed E-state index contributed by atoms with van der Waals surface area (Å²) in [6.45, 7) is 0. The second kappa shape index (κ2) is 20.7. The molecule has 0 radical (unpaired) electrons. The molecule has 4 aliphatic rings. The molecule has 0 bridgehead atoms. The smallest absolute Gasteiger partial charge is 0.314 e. The van der Waals surface area contributed by atoms with Crippen LogP contribution in [-0.2, 0) is 9.59 Å². The molecule has 0 amide bonds. The van der Waals surface area contributed by atoms with Crippen molar-refractivity contribution in [2.45, 2.75) is 89.3 Å². The van der Waals surface area contributed by atoms with E-state index in [-0.39, 0.29) is 23.8 Å². The predicted octanol–water partition coefficient (Wildman–Crippen LogP) is 10.5. The first kappa shape index (κ1) is 42.7. The van der Waals surface area contributed by atoms with Crippen LogP contribution in [0, 0.1) is 35.5 Å². The van der Waals surface area contributed by atoms with Crippen LogP contribution < -0.4 is 37.9 Å². The van der Waals surface area contributed by atoms with Gasteiger partial charge in [-0.25, -0.2) is 0 Å². The molecule has 60 heavy (non-hydrogen) atoms. The van der Waals surface area contributed by atoms with Crippen LogP contribution >= 0.6 is 0 Å². The van der Waals surface area contributed by atoms with Gasteiger partial charge in [0.25, 0.3) is 0 Å². The molecule has 0 N–H and O–H groups in total.